The van der Waals surface area contributed by atoms with Crippen molar-refractivity contribution in [3.05, 3.63) is 36.0 Å². The summed E-state index contributed by atoms with van der Waals surface area (Å²) in [4.78, 5) is 3.87. The van der Waals surface area contributed by atoms with E-state index in [1.54, 1.807) is 6.07 Å². The molecule has 84 valence electrons. The number of alkyl halides is 3. The fraction of sp³-hybridized carbons (Fsp3) is 0.100. The maximum absolute atomic E-state index is 12.4. The minimum absolute atomic E-state index is 0.255. The highest BCUT2D eigenvalue weighted by Crippen LogP contribution is 2.32. The molecule has 0 aliphatic carbocycles. The molecule has 16 heavy (non-hydrogen) atoms. The molecule has 0 saturated carbocycles. The van der Waals surface area contributed by atoms with Crippen LogP contribution in [0.3, 0.4) is 0 Å². The van der Waals surface area contributed by atoms with E-state index < -0.39 is 11.7 Å². The third-order valence-electron chi connectivity index (χ3n) is 2.23. The third-order valence-corrected chi connectivity index (χ3v) is 2.23. The summed E-state index contributed by atoms with van der Waals surface area (Å²) in [6.07, 6.45) is -2.96. The number of pyridine rings is 1. The van der Waals surface area contributed by atoms with Gasteiger partial charge in [0.1, 0.15) is 0 Å². The largest absolute Gasteiger partial charge is 0.416 e. The summed E-state index contributed by atoms with van der Waals surface area (Å²) >= 11 is 0. The molecule has 2 aromatic rings. The van der Waals surface area contributed by atoms with Crippen LogP contribution >= 0.6 is 0 Å². The average Bonchev–Trinajstić information content (AvgIpc) is 2.26. The summed E-state index contributed by atoms with van der Waals surface area (Å²) in [6.45, 7) is 0. The van der Waals surface area contributed by atoms with E-state index in [1.807, 2.05) is 0 Å². The zero-order valence-electron chi connectivity index (χ0n) is 8.05. The zero-order chi connectivity index (χ0) is 11.8. The summed E-state index contributed by atoms with van der Waals surface area (Å²) in [6, 6.07) is 4.94. The molecule has 0 atom stereocenters. The number of aromatic nitrogens is 1. The SMILES string of the molecule is NNc1ccnc2cc(C(F)(F)F)ccc12. The second kappa shape index (κ2) is 3.64. The minimum Gasteiger partial charge on any atom is -0.323 e. The summed E-state index contributed by atoms with van der Waals surface area (Å²) in [5.74, 6) is 5.24. The van der Waals surface area contributed by atoms with Crippen LogP contribution in [0.5, 0.6) is 0 Å². The van der Waals surface area contributed by atoms with E-state index in [9.17, 15) is 13.2 Å². The lowest BCUT2D eigenvalue weighted by atomic mass is 10.1. The first-order valence-corrected chi connectivity index (χ1v) is 4.45. The summed E-state index contributed by atoms with van der Waals surface area (Å²) < 4.78 is 37.3. The molecular formula is C10H8F3N3. The Labute approximate surface area is 89.1 Å². The second-order valence-electron chi connectivity index (χ2n) is 3.23. The monoisotopic (exact) mass is 227 g/mol. The van der Waals surface area contributed by atoms with Gasteiger partial charge in [-0.1, -0.05) is 6.07 Å². The van der Waals surface area contributed by atoms with Crippen LogP contribution in [-0.4, -0.2) is 4.98 Å². The Kier molecular flexibility index (Phi) is 2.43. The molecule has 0 radical (unpaired) electrons. The molecule has 3 N–H and O–H groups in total. The van der Waals surface area contributed by atoms with E-state index in [1.165, 1.54) is 12.3 Å². The molecule has 0 aliphatic rings. The summed E-state index contributed by atoms with van der Waals surface area (Å²) in [7, 11) is 0. The quantitative estimate of drug-likeness (QED) is 0.581. The van der Waals surface area contributed by atoms with Gasteiger partial charge < -0.3 is 5.43 Å². The number of nitrogens with zero attached hydrogens (tertiary/aromatic N) is 1. The number of nitrogens with one attached hydrogen (secondary N) is 1. The van der Waals surface area contributed by atoms with Crippen molar-refractivity contribution in [2.45, 2.75) is 6.18 Å². The fourth-order valence-corrected chi connectivity index (χ4v) is 1.45. The van der Waals surface area contributed by atoms with Crippen molar-refractivity contribution in [3.8, 4) is 0 Å². The predicted molar refractivity (Wildman–Crippen MR) is 54.6 cm³/mol. The highest BCUT2D eigenvalue weighted by Gasteiger charge is 2.30. The van der Waals surface area contributed by atoms with Crippen molar-refractivity contribution in [1.29, 1.82) is 0 Å². The molecule has 1 aromatic carbocycles. The highest BCUT2D eigenvalue weighted by molar-refractivity contribution is 5.91. The molecule has 2 rings (SSSR count). The topological polar surface area (TPSA) is 50.9 Å². The predicted octanol–water partition coefficient (Wildman–Crippen LogP) is 2.54. The first kappa shape index (κ1) is 10.7. The number of hydrazine groups is 1. The van der Waals surface area contributed by atoms with Crippen molar-refractivity contribution in [1.82, 2.24) is 4.98 Å². The maximum atomic E-state index is 12.4. The third kappa shape index (κ3) is 1.79. The number of anilines is 1. The van der Waals surface area contributed by atoms with Gasteiger partial charge in [-0.15, -0.1) is 0 Å². The number of halogens is 3. The van der Waals surface area contributed by atoms with Crippen LogP contribution in [0.2, 0.25) is 0 Å². The number of benzene rings is 1. The molecule has 0 amide bonds. The molecule has 1 aromatic heterocycles. The van der Waals surface area contributed by atoms with Gasteiger partial charge in [0.25, 0.3) is 0 Å². The van der Waals surface area contributed by atoms with E-state index >= 15 is 0 Å². The van der Waals surface area contributed by atoms with Crippen molar-refractivity contribution < 1.29 is 13.2 Å². The Balaban J connectivity index is 2.64. The van der Waals surface area contributed by atoms with Gasteiger partial charge in [0.15, 0.2) is 0 Å². The first-order chi connectivity index (χ1) is 7.52. The summed E-state index contributed by atoms with van der Waals surface area (Å²) in [5, 5.41) is 0.554. The van der Waals surface area contributed by atoms with Crippen LogP contribution in [0.1, 0.15) is 5.56 Å². The number of rotatable bonds is 1. The molecular weight excluding hydrogens is 219 g/mol. The van der Waals surface area contributed by atoms with E-state index in [4.69, 9.17) is 5.84 Å². The van der Waals surface area contributed by atoms with Gasteiger partial charge in [-0.2, -0.15) is 13.2 Å². The van der Waals surface area contributed by atoms with Crippen molar-refractivity contribution in [3.63, 3.8) is 0 Å². The van der Waals surface area contributed by atoms with Crippen molar-refractivity contribution >= 4 is 16.6 Å². The standard InChI is InChI=1S/C10H8F3N3/c11-10(12,13)6-1-2-7-8(16-14)3-4-15-9(7)5-6/h1-5H,14H2,(H,15,16). The van der Waals surface area contributed by atoms with Crippen molar-refractivity contribution in [2.75, 3.05) is 5.43 Å². The number of hydrogen-bond acceptors (Lipinski definition) is 3. The van der Waals surface area contributed by atoms with Crippen LogP contribution in [-0.2, 0) is 6.18 Å². The summed E-state index contributed by atoms with van der Waals surface area (Å²) in [5.41, 5.74) is 2.48. The Hall–Kier alpha value is -1.82. The van der Waals surface area contributed by atoms with Gasteiger partial charge >= 0.3 is 6.18 Å². The maximum Gasteiger partial charge on any atom is 0.416 e. The lowest BCUT2D eigenvalue weighted by Gasteiger charge is -2.09. The van der Waals surface area contributed by atoms with E-state index in [2.05, 4.69) is 10.4 Å². The van der Waals surface area contributed by atoms with Gasteiger partial charge in [0.05, 0.1) is 16.8 Å². The average molecular weight is 227 g/mol. The Morgan fingerprint density at radius 3 is 2.56 bits per heavy atom. The number of fused-ring (bicyclic) bond motifs is 1. The van der Waals surface area contributed by atoms with Crippen molar-refractivity contribution in [2.24, 2.45) is 5.84 Å². The van der Waals surface area contributed by atoms with Gasteiger partial charge in [0, 0.05) is 11.6 Å². The Morgan fingerprint density at radius 1 is 1.19 bits per heavy atom. The molecule has 3 nitrogen and oxygen atoms in total. The minimum atomic E-state index is -4.36. The number of nitrogen functional groups attached to an aromatic ring is 1. The van der Waals surface area contributed by atoms with Gasteiger partial charge in [-0.05, 0) is 18.2 Å². The van der Waals surface area contributed by atoms with Crippen LogP contribution < -0.4 is 11.3 Å². The normalized spacial score (nSPS) is 11.8. The van der Waals surface area contributed by atoms with Gasteiger partial charge in [0.2, 0.25) is 0 Å². The molecule has 0 aliphatic heterocycles. The zero-order valence-corrected chi connectivity index (χ0v) is 8.05. The second-order valence-corrected chi connectivity index (χ2v) is 3.23. The molecule has 0 saturated heterocycles. The smallest absolute Gasteiger partial charge is 0.323 e. The van der Waals surface area contributed by atoms with E-state index in [0.717, 1.165) is 12.1 Å². The molecule has 0 bridgehead atoms. The molecule has 0 fully saturated rings. The Morgan fingerprint density at radius 2 is 1.94 bits per heavy atom. The van der Waals surface area contributed by atoms with E-state index in [-0.39, 0.29) is 5.52 Å². The number of hydrogen-bond donors (Lipinski definition) is 2. The van der Waals surface area contributed by atoms with E-state index in [0.29, 0.717) is 11.1 Å². The van der Waals surface area contributed by atoms with Gasteiger partial charge in [-0.25, -0.2) is 0 Å². The van der Waals surface area contributed by atoms with Gasteiger partial charge in [-0.3, -0.25) is 10.8 Å². The fourth-order valence-electron chi connectivity index (χ4n) is 1.45. The Bertz CT molecular complexity index is 522. The number of nitrogens with two attached hydrogens (primary N) is 1. The van der Waals surface area contributed by atoms with Crippen LogP contribution in [0.4, 0.5) is 18.9 Å². The molecule has 1 heterocycles. The molecule has 0 spiro atoms. The first-order valence-electron chi connectivity index (χ1n) is 4.45. The van der Waals surface area contributed by atoms with Crippen LogP contribution in [0.15, 0.2) is 30.5 Å². The lowest BCUT2D eigenvalue weighted by Crippen LogP contribution is -2.08. The van der Waals surface area contributed by atoms with Crippen LogP contribution in [0.25, 0.3) is 10.9 Å². The molecule has 6 heteroatoms. The highest BCUT2D eigenvalue weighted by atomic mass is 19.4. The lowest BCUT2D eigenvalue weighted by molar-refractivity contribution is -0.137. The molecule has 0 unspecified atom stereocenters. The van der Waals surface area contributed by atoms with Crippen LogP contribution in [0, 0.1) is 0 Å².